The van der Waals surface area contributed by atoms with Crippen LogP contribution >= 0.6 is 11.6 Å². The van der Waals surface area contributed by atoms with E-state index in [4.69, 9.17) is 21.1 Å². The van der Waals surface area contributed by atoms with E-state index in [0.29, 0.717) is 36.3 Å². The molecule has 1 aliphatic rings. The van der Waals surface area contributed by atoms with Crippen molar-refractivity contribution in [1.29, 1.82) is 0 Å². The fourth-order valence-corrected chi connectivity index (χ4v) is 2.43. The molecule has 0 spiro atoms. The average Bonchev–Trinajstić information content (AvgIpc) is 2.50. The lowest BCUT2D eigenvalue weighted by atomic mass is 10.0. The minimum atomic E-state index is -1.25. The summed E-state index contributed by atoms with van der Waals surface area (Å²) in [5.74, 6) is -2.23. The van der Waals surface area contributed by atoms with Crippen molar-refractivity contribution in [2.45, 2.75) is 5.38 Å². The van der Waals surface area contributed by atoms with Crippen molar-refractivity contribution < 1.29 is 22.6 Å². The van der Waals surface area contributed by atoms with Crippen LogP contribution in [0.15, 0.2) is 30.3 Å². The summed E-state index contributed by atoms with van der Waals surface area (Å²) in [5, 5.41) is -0.962. The molecule has 0 radical (unpaired) electrons. The molecule has 0 bridgehead atoms. The second-order valence-corrected chi connectivity index (χ2v) is 4.99. The second kappa shape index (κ2) is 5.48. The van der Waals surface area contributed by atoms with E-state index in [1.54, 1.807) is 18.2 Å². The van der Waals surface area contributed by atoms with Crippen LogP contribution in [-0.2, 0) is 0 Å². The summed E-state index contributed by atoms with van der Waals surface area (Å²) in [6.07, 6.45) is 0. The number of benzene rings is 2. The van der Waals surface area contributed by atoms with Gasteiger partial charge in [0.2, 0.25) is 0 Å². The van der Waals surface area contributed by atoms with E-state index in [1.165, 1.54) is 0 Å². The van der Waals surface area contributed by atoms with Crippen LogP contribution in [0.4, 0.5) is 13.2 Å². The molecule has 110 valence electrons. The summed E-state index contributed by atoms with van der Waals surface area (Å²) in [7, 11) is 0. The topological polar surface area (TPSA) is 18.5 Å². The Morgan fingerprint density at radius 1 is 0.857 bits per heavy atom. The first-order chi connectivity index (χ1) is 10.1. The van der Waals surface area contributed by atoms with Crippen LogP contribution in [-0.4, -0.2) is 13.2 Å². The molecule has 1 unspecified atom stereocenters. The second-order valence-electron chi connectivity index (χ2n) is 4.55. The van der Waals surface area contributed by atoms with E-state index < -0.39 is 22.8 Å². The van der Waals surface area contributed by atoms with Gasteiger partial charge < -0.3 is 9.47 Å². The maximum Gasteiger partial charge on any atom is 0.161 e. The van der Waals surface area contributed by atoms with Crippen LogP contribution in [0.25, 0.3) is 0 Å². The fourth-order valence-electron chi connectivity index (χ4n) is 2.13. The minimum Gasteiger partial charge on any atom is -0.486 e. The smallest absolute Gasteiger partial charge is 0.161 e. The van der Waals surface area contributed by atoms with E-state index in [1.807, 2.05) is 0 Å². The van der Waals surface area contributed by atoms with E-state index in [9.17, 15) is 13.2 Å². The van der Waals surface area contributed by atoms with Crippen molar-refractivity contribution >= 4 is 11.6 Å². The number of alkyl halides is 1. The van der Waals surface area contributed by atoms with Crippen molar-refractivity contribution in [3.63, 3.8) is 0 Å². The first kappa shape index (κ1) is 14.1. The van der Waals surface area contributed by atoms with Gasteiger partial charge in [0, 0.05) is 11.6 Å². The van der Waals surface area contributed by atoms with Gasteiger partial charge in [-0.15, -0.1) is 11.6 Å². The lowest BCUT2D eigenvalue weighted by molar-refractivity contribution is 0.171. The Kier molecular flexibility index (Phi) is 3.68. The van der Waals surface area contributed by atoms with Crippen molar-refractivity contribution in [2.24, 2.45) is 0 Å². The third-order valence-corrected chi connectivity index (χ3v) is 3.66. The molecule has 1 heterocycles. The Morgan fingerprint density at radius 2 is 1.52 bits per heavy atom. The summed E-state index contributed by atoms with van der Waals surface area (Å²) in [4.78, 5) is 0. The van der Waals surface area contributed by atoms with Gasteiger partial charge in [-0.2, -0.15) is 0 Å². The molecule has 3 rings (SSSR count). The Bertz CT molecular complexity index is 691. The van der Waals surface area contributed by atoms with Gasteiger partial charge in [0.1, 0.15) is 19.0 Å². The number of hydrogen-bond donors (Lipinski definition) is 0. The van der Waals surface area contributed by atoms with E-state index in [0.717, 1.165) is 6.07 Å². The normalized spacial score (nSPS) is 14.9. The van der Waals surface area contributed by atoms with Crippen molar-refractivity contribution in [3.8, 4) is 11.5 Å². The maximum absolute atomic E-state index is 13.8. The van der Waals surface area contributed by atoms with E-state index in [-0.39, 0.29) is 5.56 Å². The van der Waals surface area contributed by atoms with Gasteiger partial charge in [-0.1, -0.05) is 6.07 Å². The van der Waals surface area contributed by atoms with Gasteiger partial charge in [0.25, 0.3) is 0 Å². The Morgan fingerprint density at radius 3 is 2.29 bits per heavy atom. The number of fused-ring (bicyclic) bond motifs is 1. The van der Waals surface area contributed by atoms with Crippen molar-refractivity contribution in [1.82, 2.24) is 0 Å². The summed E-state index contributed by atoms with van der Waals surface area (Å²) in [5.41, 5.74) is 0.373. The van der Waals surface area contributed by atoms with Gasteiger partial charge in [-0.3, -0.25) is 0 Å². The van der Waals surface area contributed by atoms with Gasteiger partial charge in [-0.05, 0) is 23.8 Å². The number of rotatable bonds is 2. The maximum atomic E-state index is 13.8. The quantitative estimate of drug-likeness (QED) is 0.611. The molecule has 0 saturated heterocycles. The largest absolute Gasteiger partial charge is 0.486 e. The highest BCUT2D eigenvalue weighted by Crippen LogP contribution is 2.37. The number of ether oxygens (including phenoxy) is 2. The third kappa shape index (κ3) is 2.65. The number of halogens is 4. The summed E-state index contributed by atoms with van der Waals surface area (Å²) in [6.45, 7) is 0.859. The lowest BCUT2D eigenvalue weighted by Crippen LogP contribution is -2.15. The van der Waals surface area contributed by atoms with E-state index >= 15 is 0 Å². The minimum absolute atomic E-state index is 0.132. The molecule has 6 heteroatoms. The van der Waals surface area contributed by atoms with Crippen LogP contribution in [0.3, 0.4) is 0 Å². The highest BCUT2D eigenvalue weighted by molar-refractivity contribution is 6.22. The molecule has 1 atom stereocenters. The molecule has 0 aliphatic carbocycles. The van der Waals surface area contributed by atoms with Crippen LogP contribution in [0.1, 0.15) is 16.5 Å². The fraction of sp³-hybridized carbons (Fsp3) is 0.200. The van der Waals surface area contributed by atoms with Crippen LogP contribution in [0.5, 0.6) is 11.5 Å². The van der Waals surface area contributed by atoms with Crippen LogP contribution in [0, 0.1) is 17.5 Å². The molecule has 2 nitrogen and oxygen atoms in total. The molecule has 2 aromatic carbocycles. The van der Waals surface area contributed by atoms with Crippen LogP contribution < -0.4 is 9.47 Å². The zero-order valence-corrected chi connectivity index (χ0v) is 11.5. The Balaban J connectivity index is 1.98. The summed E-state index contributed by atoms with van der Waals surface area (Å²) >= 11 is 6.18. The Hall–Kier alpha value is -1.88. The molecule has 0 amide bonds. The molecular weight excluding hydrogens is 305 g/mol. The predicted octanol–water partition coefficient (Wildman–Crippen LogP) is 4.20. The zero-order valence-electron chi connectivity index (χ0n) is 10.7. The first-order valence-corrected chi connectivity index (χ1v) is 6.68. The average molecular weight is 315 g/mol. The Labute approximate surface area is 124 Å². The summed E-state index contributed by atoms with van der Waals surface area (Å²) < 4.78 is 50.8. The molecule has 2 aromatic rings. The standard InChI is InChI=1S/C15H10ClF3O2/c16-15(9-6-11(18)12(19)7-10(9)17)8-1-2-13-14(5-8)21-4-3-20-13/h1-2,5-7,15H,3-4H2. The molecule has 0 fully saturated rings. The molecular formula is C15H10ClF3O2. The van der Waals surface area contributed by atoms with E-state index in [2.05, 4.69) is 0 Å². The summed E-state index contributed by atoms with van der Waals surface area (Å²) in [6, 6.07) is 6.13. The highest BCUT2D eigenvalue weighted by Gasteiger charge is 2.21. The molecule has 0 N–H and O–H groups in total. The highest BCUT2D eigenvalue weighted by atomic mass is 35.5. The molecule has 1 aliphatic heterocycles. The monoisotopic (exact) mass is 314 g/mol. The van der Waals surface area contributed by atoms with Gasteiger partial charge in [0.05, 0.1) is 5.38 Å². The van der Waals surface area contributed by atoms with Gasteiger partial charge in [-0.25, -0.2) is 13.2 Å². The molecule has 0 aromatic heterocycles. The molecule has 0 saturated carbocycles. The SMILES string of the molecule is Fc1cc(F)c(C(Cl)c2ccc3c(c2)OCCO3)cc1F. The predicted molar refractivity (Wildman–Crippen MR) is 71.4 cm³/mol. The van der Waals surface area contributed by atoms with Gasteiger partial charge >= 0.3 is 0 Å². The third-order valence-electron chi connectivity index (χ3n) is 3.17. The lowest BCUT2D eigenvalue weighted by Gasteiger charge is -2.20. The van der Waals surface area contributed by atoms with Crippen molar-refractivity contribution in [2.75, 3.05) is 13.2 Å². The molecule has 21 heavy (non-hydrogen) atoms. The first-order valence-electron chi connectivity index (χ1n) is 6.24. The number of hydrogen-bond acceptors (Lipinski definition) is 2. The van der Waals surface area contributed by atoms with Crippen LogP contribution in [0.2, 0.25) is 0 Å². The van der Waals surface area contributed by atoms with Gasteiger partial charge in [0.15, 0.2) is 23.1 Å². The van der Waals surface area contributed by atoms with Crippen molar-refractivity contribution in [3.05, 3.63) is 58.9 Å². The zero-order chi connectivity index (χ0) is 15.0.